The molecular formula is C30H29N5O. The molecule has 36 heavy (non-hydrogen) atoms. The maximum atomic E-state index is 14.1. The molecule has 6 rings (SSSR count). The van der Waals surface area contributed by atoms with Crippen LogP contribution in [0, 0.1) is 5.92 Å². The van der Waals surface area contributed by atoms with Gasteiger partial charge in [-0.2, -0.15) is 0 Å². The number of anilines is 1. The monoisotopic (exact) mass is 475 g/mol. The van der Waals surface area contributed by atoms with Gasteiger partial charge in [-0.05, 0) is 53.7 Å². The average Bonchev–Trinajstić information content (AvgIpc) is 2.93. The molecule has 0 spiro atoms. The van der Waals surface area contributed by atoms with Crippen LogP contribution in [0.2, 0.25) is 0 Å². The van der Waals surface area contributed by atoms with Crippen molar-refractivity contribution >= 4 is 34.4 Å². The summed E-state index contributed by atoms with van der Waals surface area (Å²) in [6.07, 6.45) is 7.58. The summed E-state index contributed by atoms with van der Waals surface area (Å²) >= 11 is 0. The smallest absolute Gasteiger partial charge is 0.255 e. The van der Waals surface area contributed by atoms with Crippen LogP contribution >= 0.6 is 0 Å². The summed E-state index contributed by atoms with van der Waals surface area (Å²) < 4.78 is 0. The van der Waals surface area contributed by atoms with Gasteiger partial charge < -0.3 is 9.80 Å². The molecule has 1 amide bonds. The van der Waals surface area contributed by atoms with Gasteiger partial charge in [0.15, 0.2) is 0 Å². The number of rotatable bonds is 3. The second-order valence-corrected chi connectivity index (χ2v) is 9.75. The highest BCUT2D eigenvalue weighted by Gasteiger charge is 2.31. The fourth-order valence-corrected chi connectivity index (χ4v) is 5.45. The van der Waals surface area contributed by atoms with Crippen LogP contribution in [-0.4, -0.2) is 51.9 Å². The predicted octanol–water partition coefficient (Wildman–Crippen LogP) is 5.11. The summed E-state index contributed by atoms with van der Waals surface area (Å²) in [5, 5.41) is 0.947. The lowest BCUT2D eigenvalue weighted by atomic mass is 9.80. The molecule has 3 heterocycles. The molecule has 1 saturated heterocycles. The van der Waals surface area contributed by atoms with Gasteiger partial charge in [-0.15, -0.1) is 0 Å². The van der Waals surface area contributed by atoms with E-state index in [0.717, 1.165) is 65.2 Å². The highest BCUT2D eigenvalue weighted by atomic mass is 16.2. The number of amides is 1. The number of nitrogens with zero attached hydrogens (tertiary/aromatic N) is 5. The maximum Gasteiger partial charge on any atom is 0.255 e. The molecule has 0 bridgehead atoms. The molecule has 1 aliphatic heterocycles. The second kappa shape index (κ2) is 9.53. The van der Waals surface area contributed by atoms with E-state index in [2.05, 4.69) is 52.1 Å². The van der Waals surface area contributed by atoms with Gasteiger partial charge in [-0.25, -0.2) is 15.0 Å². The first-order valence-electron chi connectivity index (χ1n) is 12.7. The van der Waals surface area contributed by atoms with Crippen LogP contribution in [0.1, 0.15) is 40.5 Å². The summed E-state index contributed by atoms with van der Waals surface area (Å²) in [6.45, 7) is 4.99. The van der Waals surface area contributed by atoms with Crippen LogP contribution in [0.3, 0.4) is 0 Å². The van der Waals surface area contributed by atoms with Gasteiger partial charge in [-0.1, -0.05) is 55.5 Å². The van der Waals surface area contributed by atoms with Crippen molar-refractivity contribution in [2.24, 2.45) is 5.92 Å². The van der Waals surface area contributed by atoms with Gasteiger partial charge in [0.1, 0.15) is 0 Å². The topological polar surface area (TPSA) is 62.2 Å². The van der Waals surface area contributed by atoms with E-state index in [0.29, 0.717) is 19.0 Å². The normalized spacial score (nSPS) is 18.9. The Hall–Kier alpha value is -4.06. The molecule has 4 aromatic rings. The van der Waals surface area contributed by atoms with Crippen molar-refractivity contribution in [1.82, 2.24) is 19.9 Å². The van der Waals surface area contributed by atoms with Crippen molar-refractivity contribution in [3.63, 3.8) is 0 Å². The van der Waals surface area contributed by atoms with Crippen LogP contribution < -0.4 is 4.90 Å². The molecule has 0 saturated carbocycles. The minimum atomic E-state index is 0.103. The first-order chi connectivity index (χ1) is 17.7. The van der Waals surface area contributed by atoms with Gasteiger partial charge in [0.25, 0.3) is 5.91 Å². The van der Waals surface area contributed by atoms with Gasteiger partial charge >= 0.3 is 0 Å². The zero-order valence-corrected chi connectivity index (χ0v) is 20.5. The van der Waals surface area contributed by atoms with E-state index in [4.69, 9.17) is 4.98 Å². The molecule has 1 fully saturated rings. The minimum absolute atomic E-state index is 0.103. The zero-order chi connectivity index (χ0) is 24.5. The van der Waals surface area contributed by atoms with Crippen LogP contribution in [0.25, 0.3) is 22.6 Å². The molecule has 2 aromatic heterocycles. The number of para-hydroxylation sites is 1. The molecule has 0 radical (unpaired) electrons. The largest absolute Gasteiger partial charge is 0.337 e. The fraction of sp³-hybridized carbons (Fsp3) is 0.267. The summed E-state index contributed by atoms with van der Waals surface area (Å²) in [5.74, 6) is 1.27. The zero-order valence-electron chi connectivity index (χ0n) is 20.5. The van der Waals surface area contributed by atoms with E-state index in [1.165, 1.54) is 5.57 Å². The van der Waals surface area contributed by atoms with Gasteiger partial charge in [0.05, 0.1) is 16.8 Å². The maximum absolute atomic E-state index is 14.1. The first kappa shape index (κ1) is 22.4. The summed E-state index contributed by atoms with van der Waals surface area (Å²) in [5.41, 5.74) is 6.15. The highest BCUT2D eigenvalue weighted by molar-refractivity contribution is 6.09. The number of hydrogen-bond acceptors (Lipinski definition) is 5. The standard InChI is InChI=1S/C30H29N5O/c1-21-18-23(20-22-8-3-2-4-9-22)28-25(19-21)27(24-10-5-6-11-26(24)33-28)29(36)34-14-16-35(17-15-34)30-31-12-7-13-32-30/h2-13,20-21H,14-19H2,1H3/b23-20+. The Kier molecular flexibility index (Phi) is 5.93. The number of fused-ring (bicyclic) bond motifs is 2. The van der Waals surface area contributed by atoms with Crippen molar-refractivity contribution in [1.29, 1.82) is 0 Å². The van der Waals surface area contributed by atoms with Crippen LogP contribution in [0.5, 0.6) is 0 Å². The van der Waals surface area contributed by atoms with Crippen molar-refractivity contribution in [2.45, 2.75) is 19.8 Å². The molecular weight excluding hydrogens is 446 g/mol. The first-order valence-corrected chi connectivity index (χ1v) is 12.7. The molecule has 2 aliphatic rings. The number of carbonyl (C=O) groups is 1. The molecule has 2 aromatic carbocycles. The Balaban J connectivity index is 1.39. The van der Waals surface area contributed by atoms with Gasteiger partial charge in [0, 0.05) is 44.0 Å². The van der Waals surface area contributed by atoms with Crippen molar-refractivity contribution in [3.8, 4) is 0 Å². The number of hydrogen-bond donors (Lipinski definition) is 0. The van der Waals surface area contributed by atoms with Crippen LogP contribution in [-0.2, 0) is 6.42 Å². The van der Waals surface area contributed by atoms with E-state index in [9.17, 15) is 4.79 Å². The third-order valence-electron chi connectivity index (χ3n) is 7.17. The quantitative estimate of drug-likeness (QED) is 0.412. The van der Waals surface area contributed by atoms with Gasteiger partial charge in [-0.3, -0.25) is 4.79 Å². The van der Waals surface area contributed by atoms with Crippen molar-refractivity contribution < 1.29 is 4.79 Å². The number of aromatic nitrogens is 3. The Morgan fingerprint density at radius 1 is 0.889 bits per heavy atom. The van der Waals surface area contributed by atoms with Crippen molar-refractivity contribution in [3.05, 3.63) is 95.4 Å². The molecule has 6 nitrogen and oxygen atoms in total. The third-order valence-corrected chi connectivity index (χ3v) is 7.17. The lowest BCUT2D eigenvalue weighted by molar-refractivity contribution is 0.0746. The highest BCUT2D eigenvalue weighted by Crippen LogP contribution is 2.39. The Labute approximate surface area is 211 Å². The minimum Gasteiger partial charge on any atom is -0.337 e. The molecule has 1 atom stereocenters. The number of allylic oxidation sites excluding steroid dienone is 1. The fourth-order valence-electron chi connectivity index (χ4n) is 5.45. The Morgan fingerprint density at radius 3 is 2.39 bits per heavy atom. The molecule has 180 valence electrons. The molecule has 1 unspecified atom stereocenters. The molecule has 0 N–H and O–H groups in total. The Bertz CT molecular complexity index is 1430. The predicted molar refractivity (Wildman–Crippen MR) is 144 cm³/mol. The average molecular weight is 476 g/mol. The van der Waals surface area contributed by atoms with E-state index < -0.39 is 0 Å². The Morgan fingerprint density at radius 2 is 1.61 bits per heavy atom. The van der Waals surface area contributed by atoms with Crippen LogP contribution in [0.15, 0.2) is 73.1 Å². The van der Waals surface area contributed by atoms with Gasteiger partial charge in [0.2, 0.25) is 5.95 Å². The summed E-state index contributed by atoms with van der Waals surface area (Å²) in [4.78, 5) is 32.1. The second-order valence-electron chi connectivity index (χ2n) is 9.75. The third kappa shape index (κ3) is 4.24. The summed E-state index contributed by atoms with van der Waals surface area (Å²) in [6, 6.07) is 20.3. The summed E-state index contributed by atoms with van der Waals surface area (Å²) in [7, 11) is 0. The van der Waals surface area contributed by atoms with E-state index in [1.807, 2.05) is 41.3 Å². The number of carbonyl (C=O) groups excluding carboxylic acids is 1. The number of benzene rings is 2. The molecule has 1 aliphatic carbocycles. The SMILES string of the molecule is CC1C/C(=C\c2ccccc2)c2nc3ccccc3c(C(=O)N3CCN(c4ncccn4)CC3)c2C1. The number of piperazine rings is 1. The van der Waals surface area contributed by atoms with E-state index >= 15 is 0 Å². The van der Waals surface area contributed by atoms with E-state index in [-0.39, 0.29) is 5.91 Å². The lowest BCUT2D eigenvalue weighted by Crippen LogP contribution is -2.49. The van der Waals surface area contributed by atoms with E-state index in [1.54, 1.807) is 12.4 Å². The lowest BCUT2D eigenvalue weighted by Gasteiger charge is -2.36. The number of pyridine rings is 1. The van der Waals surface area contributed by atoms with Crippen LogP contribution in [0.4, 0.5) is 5.95 Å². The van der Waals surface area contributed by atoms with Crippen molar-refractivity contribution in [2.75, 3.05) is 31.1 Å². The molecule has 6 heteroatoms.